The summed E-state index contributed by atoms with van der Waals surface area (Å²) < 4.78 is 0. The maximum Gasteiger partial charge on any atom is 0.134 e. The first kappa shape index (κ1) is 17.5. The van der Waals surface area contributed by atoms with E-state index < -0.39 is 0 Å². The highest BCUT2D eigenvalue weighted by Gasteiger charge is 2.00. The van der Waals surface area contributed by atoms with Gasteiger partial charge in [-0.25, -0.2) is 4.99 Å². The van der Waals surface area contributed by atoms with Gasteiger partial charge in [-0.05, 0) is 13.8 Å². The number of aliphatic imine (C=N–C) groups is 2. The van der Waals surface area contributed by atoms with Crippen LogP contribution in [0.2, 0.25) is 0 Å². The Morgan fingerprint density at radius 3 is 2.91 bits per heavy atom. The standard InChI is InChI=1S/C14H17ClN6O/c1-3-21-22-11(2)6-14(20-10-16)13(15)9-18-8-12-7-17-4-5-19-12/h3-7,9-10H,8H2,1-2H3,(H2,16,20)/b11-6+,14-13?,18-9?,21-3+. The summed E-state index contributed by atoms with van der Waals surface area (Å²) in [5.41, 5.74) is 6.46. The Bertz CT molecular complexity index is 607. The quantitative estimate of drug-likeness (QED) is 0.274. The lowest BCUT2D eigenvalue weighted by Gasteiger charge is -2.00. The molecule has 0 unspecified atom stereocenters. The molecule has 0 aliphatic carbocycles. The maximum absolute atomic E-state index is 6.16. The van der Waals surface area contributed by atoms with Crippen LogP contribution in [-0.2, 0) is 11.4 Å². The van der Waals surface area contributed by atoms with Gasteiger partial charge in [0.05, 0.1) is 35.5 Å². The maximum atomic E-state index is 6.16. The van der Waals surface area contributed by atoms with Crippen LogP contribution < -0.4 is 5.73 Å². The molecule has 1 aromatic heterocycles. The Morgan fingerprint density at radius 1 is 1.45 bits per heavy atom. The van der Waals surface area contributed by atoms with Gasteiger partial charge in [0.15, 0.2) is 0 Å². The molecule has 0 saturated carbocycles. The molecule has 1 heterocycles. The third kappa shape index (κ3) is 6.76. The summed E-state index contributed by atoms with van der Waals surface area (Å²) >= 11 is 6.16. The van der Waals surface area contributed by atoms with Crippen LogP contribution >= 0.6 is 11.6 Å². The lowest BCUT2D eigenvalue weighted by molar-refractivity contribution is 0.231. The van der Waals surface area contributed by atoms with Crippen LogP contribution in [0.5, 0.6) is 0 Å². The zero-order valence-electron chi connectivity index (χ0n) is 12.3. The van der Waals surface area contributed by atoms with E-state index in [4.69, 9.17) is 22.2 Å². The van der Waals surface area contributed by atoms with Crippen molar-refractivity contribution < 1.29 is 4.84 Å². The molecule has 0 fully saturated rings. The predicted octanol–water partition coefficient (Wildman–Crippen LogP) is 2.41. The minimum absolute atomic E-state index is 0.314. The molecule has 0 aromatic carbocycles. The second-order valence-corrected chi connectivity index (χ2v) is 4.29. The number of hydrogen-bond donors (Lipinski definition) is 1. The van der Waals surface area contributed by atoms with E-state index in [-0.39, 0.29) is 0 Å². The van der Waals surface area contributed by atoms with Crippen LogP contribution in [0.1, 0.15) is 19.5 Å². The molecule has 8 heteroatoms. The van der Waals surface area contributed by atoms with Crippen LogP contribution in [0, 0.1) is 0 Å². The summed E-state index contributed by atoms with van der Waals surface area (Å²) in [6.45, 7) is 3.83. The molecule has 0 atom stereocenters. The Labute approximate surface area is 134 Å². The van der Waals surface area contributed by atoms with Gasteiger partial charge in [0.25, 0.3) is 0 Å². The second kappa shape index (κ2) is 10.2. The van der Waals surface area contributed by atoms with Crippen molar-refractivity contribution in [2.45, 2.75) is 20.4 Å². The average molecular weight is 321 g/mol. The van der Waals surface area contributed by atoms with E-state index in [9.17, 15) is 0 Å². The predicted molar refractivity (Wildman–Crippen MR) is 88.8 cm³/mol. The third-order valence-corrected chi connectivity index (χ3v) is 2.47. The zero-order chi connectivity index (χ0) is 16.2. The second-order valence-electron chi connectivity index (χ2n) is 3.89. The molecule has 0 amide bonds. The van der Waals surface area contributed by atoms with E-state index in [1.54, 1.807) is 38.5 Å². The summed E-state index contributed by atoms with van der Waals surface area (Å²) in [5, 5.41) is 3.97. The lowest BCUT2D eigenvalue weighted by Crippen LogP contribution is -1.93. The van der Waals surface area contributed by atoms with Crippen LogP contribution in [0.25, 0.3) is 0 Å². The summed E-state index contributed by atoms with van der Waals surface area (Å²) in [6.07, 6.45) is 10.6. The van der Waals surface area contributed by atoms with Gasteiger partial charge in [-0.15, -0.1) is 0 Å². The molecule has 0 saturated heterocycles. The highest BCUT2D eigenvalue weighted by atomic mass is 35.5. The highest BCUT2D eigenvalue weighted by molar-refractivity contribution is 6.39. The van der Waals surface area contributed by atoms with E-state index in [0.29, 0.717) is 23.0 Å². The van der Waals surface area contributed by atoms with Gasteiger partial charge in [-0.2, -0.15) is 0 Å². The molecule has 0 bridgehead atoms. The van der Waals surface area contributed by atoms with Crippen molar-refractivity contribution in [3.8, 4) is 0 Å². The molecule has 116 valence electrons. The molecule has 7 nitrogen and oxygen atoms in total. The summed E-state index contributed by atoms with van der Waals surface area (Å²) in [4.78, 5) is 21.3. The Morgan fingerprint density at radius 2 is 2.27 bits per heavy atom. The molecule has 1 rings (SSSR count). The fourth-order valence-corrected chi connectivity index (χ4v) is 1.47. The summed E-state index contributed by atoms with van der Waals surface area (Å²) in [6, 6.07) is 0. The normalized spacial score (nSPS) is 14.0. The van der Waals surface area contributed by atoms with Gasteiger partial charge in [-0.3, -0.25) is 15.0 Å². The van der Waals surface area contributed by atoms with Crippen molar-refractivity contribution in [1.29, 1.82) is 0 Å². The molecule has 1 aromatic rings. The fourth-order valence-electron chi connectivity index (χ4n) is 1.30. The first-order chi connectivity index (χ1) is 10.7. The van der Waals surface area contributed by atoms with Gasteiger partial charge in [-0.1, -0.05) is 16.8 Å². The van der Waals surface area contributed by atoms with Crippen molar-refractivity contribution in [3.05, 3.63) is 46.8 Å². The van der Waals surface area contributed by atoms with Gasteiger partial charge in [0.2, 0.25) is 0 Å². The third-order valence-electron chi connectivity index (χ3n) is 2.17. The monoisotopic (exact) mass is 320 g/mol. The van der Waals surface area contributed by atoms with Crippen molar-refractivity contribution in [2.24, 2.45) is 20.9 Å². The molecule has 22 heavy (non-hydrogen) atoms. The van der Waals surface area contributed by atoms with Crippen molar-refractivity contribution >= 4 is 30.4 Å². The molecular weight excluding hydrogens is 304 g/mol. The van der Waals surface area contributed by atoms with Crippen LogP contribution in [0.15, 0.2) is 56.3 Å². The van der Waals surface area contributed by atoms with E-state index >= 15 is 0 Å². The molecule has 0 radical (unpaired) electrons. The SMILES string of the molecule is C/C=N/O/C(C)=C/C(N=CN)=C(Cl)C=NCc1cnccn1. The number of nitrogens with two attached hydrogens (primary N) is 1. The smallest absolute Gasteiger partial charge is 0.134 e. The first-order valence-corrected chi connectivity index (χ1v) is 6.77. The minimum atomic E-state index is 0.314. The van der Waals surface area contributed by atoms with Gasteiger partial charge in [0.1, 0.15) is 5.76 Å². The summed E-state index contributed by atoms with van der Waals surface area (Å²) in [7, 11) is 0. The Kier molecular flexibility index (Phi) is 8.14. The average Bonchev–Trinajstić information content (AvgIpc) is 2.53. The zero-order valence-corrected chi connectivity index (χ0v) is 13.1. The lowest BCUT2D eigenvalue weighted by atomic mass is 10.3. The number of oxime groups is 1. The van der Waals surface area contributed by atoms with Gasteiger partial charge >= 0.3 is 0 Å². The van der Waals surface area contributed by atoms with Gasteiger partial charge in [0, 0.05) is 30.9 Å². The number of aromatic nitrogens is 2. The topological polar surface area (TPSA) is 98.1 Å². The largest absolute Gasteiger partial charge is 0.390 e. The number of nitrogens with zero attached hydrogens (tertiary/aromatic N) is 5. The van der Waals surface area contributed by atoms with E-state index in [0.717, 1.165) is 12.0 Å². The van der Waals surface area contributed by atoms with Gasteiger partial charge < -0.3 is 10.6 Å². The van der Waals surface area contributed by atoms with E-state index in [2.05, 4.69) is 25.1 Å². The molecule has 0 spiro atoms. The van der Waals surface area contributed by atoms with Crippen molar-refractivity contribution in [3.63, 3.8) is 0 Å². The Balaban J connectivity index is 2.84. The highest BCUT2D eigenvalue weighted by Crippen LogP contribution is 2.13. The minimum Gasteiger partial charge on any atom is -0.390 e. The molecule has 0 aliphatic rings. The molecule has 0 aliphatic heterocycles. The fraction of sp³-hybridized carbons (Fsp3) is 0.214. The number of hydrogen-bond acceptors (Lipinski definition) is 6. The Hall–Kier alpha value is -2.54. The number of allylic oxidation sites excluding steroid dienone is 3. The van der Waals surface area contributed by atoms with Crippen LogP contribution in [0.3, 0.4) is 0 Å². The molecule has 2 N–H and O–H groups in total. The van der Waals surface area contributed by atoms with E-state index in [1.807, 2.05) is 0 Å². The van der Waals surface area contributed by atoms with Crippen molar-refractivity contribution in [1.82, 2.24) is 9.97 Å². The summed E-state index contributed by atoms with van der Waals surface area (Å²) in [5.74, 6) is 0.513. The number of halogens is 1. The van der Waals surface area contributed by atoms with Crippen LogP contribution in [-0.4, -0.2) is 28.7 Å². The van der Waals surface area contributed by atoms with Crippen LogP contribution in [0.4, 0.5) is 0 Å². The van der Waals surface area contributed by atoms with Crippen molar-refractivity contribution in [2.75, 3.05) is 0 Å². The first-order valence-electron chi connectivity index (χ1n) is 6.39. The van der Waals surface area contributed by atoms with E-state index in [1.165, 1.54) is 12.4 Å². The molecular formula is C14H17ClN6O. The number of rotatable bonds is 7.